The molecule has 2 aromatic carbocycles. The standard InChI is InChI=1S/C30H39N3O6/c1-21(2)20-32-26(34)30(33(28(32)37)16-13-22-9-11-24(38-5)12-10-22)14-17-31(18-15-30)23-7-6-8-25(19-23)39-29(3,4)27(35)36/h6-12,19,21H,13-18,20H2,1-5H3,(H,35,36). The van der Waals surface area contributed by atoms with Crippen LogP contribution in [0.1, 0.15) is 46.1 Å². The molecule has 0 saturated carbocycles. The van der Waals surface area contributed by atoms with Gasteiger partial charge in [-0.15, -0.1) is 0 Å². The molecule has 1 N–H and O–H groups in total. The number of carboxylic acid groups (broad SMARTS) is 1. The van der Waals surface area contributed by atoms with E-state index in [0.29, 0.717) is 51.2 Å². The van der Waals surface area contributed by atoms with Gasteiger partial charge >= 0.3 is 12.0 Å². The molecule has 4 rings (SSSR count). The van der Waals surface area contributed by atoms with E-state index >= 15 is 0 Å². The van der Waals surface area contributed by atoms with Gasteiger partial charge in [0.15, 0.2) is 5.60 Å². The van der Waals surface area contributed by atoms with Crippen LogP contribution in [0.2, 0.25) is 0 Å². The average molecular weight is 538 g/mol. The number of carbonyl (C=O) groups excluding carboxylic acids is 2. The van der Waals surface area contributed by atoms with Crippen molar-refractivity contribution >= 4 is 23.6 Å². The van der Waals surface area contributed by atoms with Crippen LogP contribution in [-0.2, 0) is 16.0 Å². The highest BCUT2D eigenvalue weighted by atomic mass is 16.5. The van der Waals surface area contributed by atoms with Gasteiger partial charge in [0.1, 0.15) is 17.0 Å². The van der Waals surface area contributed by atoms with E-state index in [1.54, 1.807) is 18.1 Å². The Labute approximate surface area is 230 Å². The first-order chi connectivity index (χ1) is 18.5. The molecule has 0 aliphatic carbocycles. The molecule has 3 amide bonds. The van der Waals surface area contributed by atoms with Gasteiger partial charge in [-0.2, -0.15) is 0 Å². The van der Waals surface area contributed by atoms with Crippen molar-refractivity contribution in [1.29, 1.82) is 0 Å². The predicted molar refractivity (Wildman–Crippen MR) is 148 cm³/mol. The van der Waals surface area contributed by atoms with Crippen molar-refractivity contribution in [3.05, 3.63) is 54.1 Å². The van der Waals surface area contributed by atoms with Crippen LogP contribution in [0.25, 0.3) is 0 Å². The van der Waals surface area contributed by atoms with Gasteiger partial charge in [-0.05, 0) is 68.9 Å². The summed E-state index contributed by atoms with van der Waals surface area (Å²) in [7, 11) is 1.63. The fourth-order valence-corrected chi connectivity index (χ4v) is 5.35. The third kappa shape index (κ3) is 5.82. The smallest absolute Gasteiger partial charge is 0.347 e. The number of carbonyl (C=O) groups is 3. The van der Waals surface area contributed by atoms with Crippen molar-refractivity contribution in [2.75, 3.05) is 38.2 Å². The van der Waals surface area contributed by atoms with Crippen molar-refractivity contribution in [2.45, 2.75) is 58.1 Å². The zero-order valence-corrected chi connectivity index (χ0v) is 23.5. The number of carboxylic acids is 1. The monoisotopic (exact) mass is 537 g/mol. The fraction of sp³-hybridized carbons (Fsp3) is 0.500. The highest BCUT2D eigenvalue weighted by Gasteiger charge is 2.57. The molecule has 2 heterocycles. The number of hydrogen-bond donors (Lipinski definition) is 1. The summed E-state index contributed by atoms with van der Waals surface area (Å²) in [4.78, 5) is 44.3. The number of nitrogens with zero attached hydrogens (tertiary/aromatic N) is 3. The van der Waals surface area contributed by atoms with Gasteiger partial charge in [-0.1, -0.05) is 32.0 Å². The largest absolute Gasteiger partial charge is 0.497 e. The van der Waals surface area contributed by atoms with E-state index in [1.165, 1.54) is 18.7 Å². The number of ether oxygens (including phenoxy) is 2. The number of methoxy groups -OCH3 is 1. The maximum Gasteiger partial charge on any atom is 0.347 e. The first-order valence-corrected chi connectivity index (χ1v) is 13.5. The number of aliphatic carboxylic acids is 1. The van der Waals surface area contributed by atoms with Crippen LogP contribution >= 0.6 is 0 Å². The molecule has 0 unspecified atom stereocenters. The number of benzene rings is 2. The Bertz CT molecular complexity index is 1200. The lowest BCUT2D eigenvalue weighted by Crippen LogP contribution is -2.57. The SMILES string of the molecule is COc1ccc(CCN2C(=O)N(CC(C)C)C(=O)C23CCN(c2cccc(OC(C)(C)C(=O)O)c2)CC3)cc1. The lowest BCUT2D eigenvalue weighted by Gasteiger charge is -2.43. The van der Waals surface area contributed by atoms with Gasteiger partial charge in [0, 0.05) is 37.9 Å². The number of imide groups is 1. The van der Waals surface area contributed by atoms with Gasteiger partial charge in [-0.3, -0.25) is 9.69 Å². The Morgan fingerprint density at radius 3 is 2.31 bits per heavy atom. The zero-order chi connectivity index (χ0) is 28.4. The number of rotatable bonds is 10. The maximum atomic E-state index is 13.8. The topological polar surface area (TPSA) is 99.6 Å². The Morgan fingerprint density at radius 1 is 1.05 bits per heavy atom. The zero-order valence-electron chi connectivity index (χ0n) is 23.5. The number of amides is 3. The van der Waals surface area contributed by atoms with Gasteiger partial charge < -0.3 is 24.4 Å². The minimum Gasteiger partial charge on any atom is -0.497 e. The third-order valence-corrected chi connectivity index (χ3v) is 7.61. The molecule has 2 aliphatic rings. The third-order valence-electron chi connectivity index (χ3n) is 7.61. The molecule has 2 saturated heterocycles. The highest BCUT2D eigenvalue weighted by Crippen LogP contribution is 2.39. The van der Waals surface area contributed by atoms with Gasteiger partial charge in [0.2, 0.25) is 0 Å². The summed E-state index contributed by atoms with van der Waals surface area (Å²) in [6.07, 6.45) is 1.67. The molecule has 0 radical (unpaired) electrons. The molecular weight excluding hydrogens is 498 g/mol. The van der Waals surface area contributed by atoms with E-state index < -0.39 is 17.1 Å². The van der Waals surface area contributed by atoms with Crippen LogP contribution in [0, 0.1) is 5.92 Å². The second-order valence-corrected chi connectivity index (χ2v) is 11.3. The van der Waals surface area contributed by atoms with E-state index in [1.807, 2.05) is 56.3 Å². The summed E-state index contributed by atoms with van der Waals surface area (Å²) in [5.74, 6) is 0.277. The van der Waals surface area contributed by atoms with E-state index in [4.69, 9.17) is 9.47 Å². The van der Waals surface area contributed by atoms with Crippen LogP contribution in [0.5, 0.6) is 11.5 Å². The summed E-state index contributed by atoms with van der Waals surface area (Å²) in [6.45, 7) is 9.07. The Hall–Kier alpha value is -3.75. The molecule has 9 heteroatoms. The lowest BCUT2D eigenvalue weighted by molar-refractivity contribution is -0.152. The summed E-state index contributed by atoms with van der Waals surface area (Å²) in [5, 5.41) is 9.42. The Balaban J connectivity index is 1.52. The summed E-state index contributed by atoms with van der Waals surface area (Å²) in [5.41, 5.74) is -0.254. The number of anilines is 1. The van der Waals surface area contributed by atoms with Crippen molar-refractivity contribution < 1.29 is 29.0 Å². The molecule has 210 valence electrons. The van der Waals surface area contributed by atoms with Gasteiger partial charge in [0.05, 0.1) is 7.11 Å². The molecule has 39 heavy (non-hydrogen) atoms. The average Bonchev–Trinajstić information content (AvgIpc) is 3.08. The fourth-order valence-electron chi connectivity index (χ4n) is 5.35. The Morgan fingerprint density at radius 2 is 1.72 bits per heavy atom. The quantitative estimate of drug-likeness (QED) is 0.448. The van der Waals surface area contributed by atoms with Crippen molar-refractivity contribution in [3.63, 3.8) is 0 Å². The van der Waals surface area contributed by atoms with Crippen molar-refractivity contribution in [2.24, 2.45) is 5.92 Å². The van der Waals surface area contributed by atoms with Crippen molar-refractivity contribution in [1.82, 2.24) is 9.80 Å². The predicted octanol–water partition coefficient (Wildman–Crippen LogP) is 4.44. The minimum absolute atomic E-state index is 0.101. The molecule has 2 aliphatic heterocycles. The van der Waals surface area contributed by atoms with Crippen LogP contribution < -0.4 is 14.4 Å². The first kappa shape index (κ1) is 28.3. The molecule has 2 aromatic rings. The molecule has 0 bridgehead atoms. The van der Waals surface area contributed by atoms with Gasteiger partial charge in [-0.25, -0.2) is 9.59 Å². The molecular formula is C30H39N3O6. The van der Waals surface area contributed by atoms with E-state index in [0.717, 1.165) is 17.0 Å². The van der Waals surface area contributed by atoms with E-state index in [2.05, 4.69) is 4.90 Å². The van der Waals surface area contributed by atoms with Crippen molar-refractivity contribution in [3.8, 4) is 11.5 Å². The molecule has 2 fully saturated rings. The number of urea groups is 1. The second kappa shape index (κ2) is 11.2. The van der Waals surface area contributed by atoms with Crippen LogP contribution in [0.15, 0.2) is 48.5 Å². The molecule has 0 atom stereocenters. The first-order valence-electron chi connectivity index (χ1n) is 13.5. The molecule has 0 aromatic heterocycles. The van der Waals surface area contributed by atoms with Gasteiger partial charge in [0.25, 0.3) is 5.91 Å². The van der Waals surface area contributed by atoms with Crippen LogP contribution in [0.4, 0.5) is 10.5 Å². The molecule has 1 spiro atoms. The van der Waals surface area contributed by atoms with Crippen LogP contribution in [0.3, 0.4) is 0 Å². The highest BCUT2D eigenvalue weighted by molar-refractivity contribution is 6.07. The Kier molecular flexibility index (Phi) is 8.09. The van der Waals surface area contributed by atoms with E-state index in [9.17, 15) is 19.5 Å². The summed E-state index contributed by atoms with van der Waals surface area (Å²) in [6, 6.07) is 14.9. The molecule has 9 nitrogen and oxygen atoms in total. The second-order valence-electron chi connectivity index (χ2n) is 11.3. The number of hydrogen-bond acceptors (Lipinski definition) is 6. The maximum absolute atomic E-state index is 13.8. The summed E-state index contributed by atoms with van der Waals surface area (Å²) >= 11 is 0. The normalized spacial score (nSPS) is 17.3. The minimum atomic E-state index is -1.36. The van der Waals surface area contributed by atoms with E-state index in [-0.39, 0.29) is 17.9 Å². The summed E-state index contributed by atoms with van der Waals surface area (Å²) < 4.78 is 11.0. The lowest BCUT2D eigenvalue weighted by atomic mass is 9.85. The number of piperidine rings is 1. The van der Waals surface area contributed by atoms with Crippen LogP contribution in [-0.4, -0.2) is 77.2 Å².